The lowest BCUT2D eigenvalue weighted by atomic mass is 10.3. The molecular weight excluding hydrogens is 414 g/mol. The van der Waals surface area contributed by atoms with Gasteiger partial charge in [0, 0.05) is 8.04 Å². The zero-order valence-electron chi connectivity index (χ0n) is 8.95. The lowest BCUT2D eigenvalue weighted by Crippen LogP contribution is -2.14. The number of carbonyl (C=O) groups excluding carboxylic acids is 1. The van der Waals surface area contributed by atoms with Crippen molar-refractivity contribution < 1.29 is 9.18 Å². The lowest BCUT2D eigenvalue weighted by molar-refractivity contribution is 0.102. The summed E-state index contributed by atoms with van der Waals surface area (Å²) in [5, 5.41) is 2.71. The Morgan fingerprint density at radius 1 is 1.33 bits per heavy atom. The van der Waals surface area contributed by atoms with Crippen molar-refractivity contribution in [3.8, 4) is 0 Å². The predicted molar refractivity (Wildman–Crippen MR) is 79.0 cm³/mol. The average molecular weight is 421 g/mol. The topological polar surface area (TPSA) is 42.0 Å². The molecule has 1 amide bonds. The molecule has 0 radical (unpaired) electrons. The molecular formula is C12H7BrFIN2O. The molecule has 0 bridgehead atoms. The Hall–Kier alpha value is -1.02. The zero-order chi connectivity index (χ0) is 13.1. The van der Waals surface area contributed by atoms with Gasteiger partial charge in [0.1, 0.15) is 11.5 Å². The number of carbonyl (C=O) groups is 1. The minimum absolute atomic E-state index is 0.169. The number of pyridine rings is 1. The number of halogens is 3. The van der Waals surface area contributed by atoms with Gasteiger partial charge in [-0.05, 0) is 68.9 Å². The highest BCUT2D eigenvalue weighted by molar-refractivity contribution is 14.1. The summed E-state index contributed by atoms with van der Waals surface area (Å²) < 4.78 is 14.5. The number of hydrogen-bond acceptors (Lipinski definition) is 2. The second kappa shape index (κ2) is 5.75. The maximum absolute atomic E-state index is 12.7. The first-order valence-electron chi connectivity index (χ1n) is 4.94. The van der Waals surface area contributed by atoms with Gasteiger partial charge in [0.2, 0.25) is 0 Å². The Bertz CT molecular complexity index is 589. The fourth-order valence-corrected chi connectivity index (χ4v) is 2.13. The van der Waals surface area contributed by atoms with Gasteiger partial charge >= 0.3 is 0 Å². The highest BCUT2D eigenvalue weighted by atomic mass is 127. The first kappa shape index (κ1) is 13.4. The summed E-state index contributed by atoms with van der Waals surface area (Å²) >= 11 is 5.50. The first-order chi connectivity index (χ1) is 8.56. The van der Waals surface area contributed by atoms with E-state index >= 15 is 0 Å². The van der Waals surface area contributed by atoms with E-state index in [9.17, 15) is 9.18 Å². The molecule has 1 aromatic heterocycles. The zero-order valence-corrected chi connectivity index (χ0v) is 12.7. The van der Waals surface area contributed by atoms with Gasteiger partial charge in [-0.2, -0.15) is 0 Å². The van der Waals surface area contributed by atoms with Crippen LogP contribution in [0.3, 0.4) is 0 Å². The van der Waals surface area contributed by atoms with Crippen LogP contribution in [-0.4, -0.2) is 10.9 Å². The molecule has 0 aliphatic rings. The van der Waals surface area contributed by atoms with Crippen LogP contribution in [0.15, 0.2) is 41.0 Å². The van der Waals surface area contributed by atoms with Gasteiger partial charge in [-0.15, -0.1) is 0 Å². The van der Waals surface area contributed by atoms with Crippen LogP contribution in [0.4, 0.5) is 10.1 Å². The standard InChI is InChI=1S/C12H7BrFIN2O/c13-9-3-2-8(15)5-11(9)17-12(18)10-4-1-7(14)6-16-10/h1-6H,(H,17,18). The minimum Gasteiger partial charge on any atom is -0.320 e. The lowest BCUT2D eigenvalue weighted by Gasteiger charge is -2.07. The van der Waals surface area contributed by atoms with Crippen LogP contribution in [0, 0.1) is 9.39 Å². The molecule has 2 aromatic rings. The Morgan fingerprint density at radius 2 is 2.11 bits per heavy atom. The second-order valence-electron chi connectivity index (χ2n) is 3.44. The normalized spacial score (nSPS) is 10.2. The van der Waals surface area contributed by atoms with Crippen LogP contribution < -0.4 is 5.32 Å². The van der Waals surface area contributed by atoms with E-state index in [4.69, 9.17) is 0 Å². The third-order valence-corrected chi connectivity index (χ3v) is 3.50. The van der Waals surface area contributed by atoms with Crippen LogP contribution >= 0.6 is 38.5 Å². The second-order valence-corrected chi connectivity index (χ2v) is 5.54. The average Bonchev–Trinajstić information content (AvgIpc) is 2.34. The molecule has 0 saturated carbocycles. The summed E-state index contributed by atoms with van der Waals surface area (Å²) in [6.45, 7) is 0. The molecule has 0 saturated heterocycles. The maximum Gasteiger partial charge on any atom is 0.274 e. The molecule has 6 heteroatoms. The summed E-state index contributed by atoms with van der Waals surface area (Å²) in [6, 6.07) is 8.12. The quantitative estimate of drug-likeness (QED) is 0.750. The Morgan fingerprint density at radius 3 is 2.78 bits per heavy atom. The largest absolute Gasteiger partial charge is 0.320 e. The van der Waals surface area contributed by atoms with Crippen molar-refractivity contribution in [1.82, 2.24) is 4.98 Å². The number of amides is 1. The van der Waals surface area contributed by atoms with Crippen molar-refractivity contribution >= 4 is 50.1 Å². The van der Waals surface area contributed by atoms with Crippen LogP contribution in [-0.2, 0) is 0 Å². The molecule has 0 fully saturated rings. The number of anilines is 1. The third kappa shape index (κ3) is 3.26. The van der Waals surface area contributed by atoms with Gasteiger partial charge in [0.05, 0.1) is 11.9 Å². The third-order valence-electron chi connectivity index (χ3n) is 2.14. The van der Waals surface area contributed by atoms with Gasteiger partial charge in [-0.1, -0.05) is 0 Å². The van der Waals surface area contributed by atoms with Gasteiger partial charge < -0.3 is 5.32 Å². The molecule has 2 rings (SSSR count). The van der Waals surface area contributed by atoms with Crippen molar-refractivity contribution in [2.75, 3.05) is 5.32 Å². The molecule has 0 spiro atoms. The number of aromatic nitrogens is 1. The molecule has 92 valence electrons. The Labute approximate surface area is 125 Å². The van der Waals surface area contributed by atoms with E-state index in [0.29, 0.717) is 5.69 Å². The highest BCUT2D eigenvalue weighted by Crippen LogP contribution is 2.24. The predicted octanol–water partition coefficient (Wildman–Crippen LogP) is 3.84. The molecule has 18 heavy (non-hydrogen) atoms. The molecule has 1 N–H and O–H groups in total. The van der Waals surface area contributed by atoms with Crippen molar-refractivity contribution in [2.45, 2.75) is 0 Å². The molecule has 3 nitrogen and oxygen atoms in total. The molecule has 0 aliphatic heterocycles. The van der Waals surface area contributed by atoms with Crippen LogP contribution in [0.1, 0.15) is 10.5 Å². The van der Waals surface area contributed by atoms with Gasteiger partial charge in [-0.3, -0.25) is 4.79 Å². The van der Waals surface area contributed by atoms with Crippen molar-refractivity contribution in [3.63, 3.8) is 0 Å². The summed E-state index contributed by atoms with van der Waals surface area (Å²) in [6.07, 6.45) is 1.01. The number of benzene rings is 1. The van der Waals surface area contributed by atoms with Crippen LogP contribution in [0.5, 0.6) is 0 Å². The fourth-order valence-electron chi connectivity index (χ4n) is 1.29. The smallest absolute Gasteiger partial charge is 0.274 e. The molecule has 1 aromatic carbocycles. The van der Waals surface area contributed by atoms with Crippen LogP contribution in [0.2, 0.25) is 0 Å². The Kier molecular flexibility index (Phi) is 4.28. The van der Waals surface area contributed by atoms with Crippen LogP contribution in [0.25, 0.3) is 0 Å². The summed E-state index contributed by atoms with van der Waals surface area (Å²) in [7, 11) is 0. The summed E-state index contributed by atoms with van der Waals surface area (Å²) in [5.41, 5.74) is 0.820. The first-order valence-corrected chi connectivity index (χ1v) is 6.81. The number of hydrogen-bond donors (Lipinski definition) is 1. The number of nitrogens with zero attached hydrogens (tertiary/aromatic N) is 1. The number of rotatable bonds is 2. The van der Waals surface area contributed by atoms with E-state index in [-0.39, 0.29) is 11.6 Å². The SMILES string of the molecule is O=C(Nc1cc(I)ccc1Br)c1ccc(F)cn1. The van der Waals surface area contributed by atoms with E-state index in [1.165, 1.54) is 12.1 Å². The maximum atomic E-state index is 12.7. The van der Waals surface area contributed by atoms with E-state index < -0.39 is 5.82 Å². The Balaban J connectivity index is 2.21. The molecule has 1 heterocycles. The summed E-state index contributed by atoms with van der Waals surface area (Å²) in [4.78, 5) is 15.6. The highest BCUT2D eigenvalue weighted by Gasteiger charge is 2.10. The minimum atomic E-state index is -0.470. The van der Waals surface area contributed by atoms with Gasteiger partial charge in [-0.25, -0.2) is 9.37 Å². The van der Waals surface area contributed by atoms with Gasteiger partial charge in [0.25, 0.3) is 5.91 Å². The van der Waals surface area contributed by atoms with Crippen molar-refractivity contribution in [2.24, 2.45) is 0 Å². The van der Waals surface area contributed by atoms with Crippen molar-refractivity contribution in [1.29, 1.82) is 0 Å². The summed E-state index contributed by atoms with van der Waals surface area (Å²) in [5.74, 6) is -0.848. The number of nitrogens with one attached hydrogen (secondary N) is 1. The molecule has 0 unspecified atom stereocenters. The molecule has 0 atom stereocenters. The van der Waals surface area contributed by atoms with E-state index in [0.717, 1.165) is 14.2 Å². The molecule has 0 aliphatic carbocycles. The van der Waals surface area contributed by atoms with Gasteiger partial charge in [0.15, 0.2) is 0 Å². The van der Waals surface area contributed by atoms with Crippen molar-refractivity contribution in [3.05, 3.63) is 56.1 Å². The van der Waals surface area contributed by atoms with E-state index in [1.807, 2.05) is 18.2 Å². The fraction of sp³-hybridized carbons (Fsp3) is 0. The van der Waals surface area contributed by atoms with E-state index in [1.54, 1.807) is 0 Å². The van der Waals surface area contributed by atoms with E-state index in [2.05, 4.69) is 48.8 Å². The monoisotopic (exact) mass is 420 g/mol.